The Morgan fingerprint density at radius 3 is 0.675 bits per heavy atom. The molecule has 242 valence electrons. The Morgan fingerprint density at radius 1 is 0.275 bits per heavy atom. The standard InChI is InChI=1S/C37H78O2Si/c1-5-9-11-13-15-17-19-21-22-23-24-25-27-29-31-33-35-37-40(38-7-3,39-8-4)36-34-32-30-28-26-20-18-16-14-12-10-6-2/h5-37H2,1-4H3. The van der Waals surface area contributed by atoms with Crippen molar-refractivity contribution >= 4 is 8.56 Å². The molecule has 2 nitrogen and oxygen atoms in total. The molecule has 0 aliphatic carbocycles. The van der Waals surface area contributed by atoms with Gasteiger partial charge in [0.15, 0.2) is 0 Å². The van der Waals surface area contributed by atoms with E-state index in [-0.39, 0.29) is 0 Å². The van der Waals surface area contributed by atoms with Gasteiger partial charge in [0.2, 0.25) is 0 Å². The third-order valence-electron chi connectivity index (χ3n) is 8.89. The zero-order valence-corrected chi connectivity index (χ0v) is 29.7. The molecule has 0 heterocycles. The van der Waals surface area contributed by atoms with Crippen LogP contribution in [-0.4, -0.2) is 21.8 Å². The van der Waals surface area contributed by atoms with Crippen molar-refractivity contribution in [3.63, 3.8) is 0 Å². The highest BCUT2D eigenvalue weighted by atomic mass is 28.4. The molecule has 0 aromatic rings. The van der Waals surface area contributed by atoms with Crippen molar-refractivity contribution in [2.24, 2.45) is 0 Å². The third-order valence-corrected chi connectivity index (χ3v) is 12.7. The summed E-state index contributed by atoms with van der Waals surface area (Å²) in [5, 5.41) is 0. The summed E-state index contributed by atoms with van der Waals surface area (Å²) in [6, 6.07) is 2.43. The second-order valence-electron chi connectivity index (χ2n) is 12.8. The van der Waals surface area contributed by atoms with E-state index < -0.39 is 8.56 Å². The summed E-state index contributed by atoms with van der Waals surface area (Å²) >= 11 is 0. The fourth-order valence-electron chi connectivity index (χ4n) is 6.34. The van der Waals surface area contributed by atoms with Gasteiger partial charge in [0, 0.05) is 13.2 Å². The van der Waals surface area contributed by atoms with E-state index >= 15 is 0 Å². The number of unbranched alkanes of at least 4 members (excludes halogenated alkanes) is 27. The van der Waals surface area contributed by atoms with Gasteiger partial charge in [-0.15, -0.1) is 0 Å². The first-order chi connectivity index (χ1) is 19.7. The molecule has 0 radical (unpaired) electrons. The Labute approximate surface area is 256 Å². The molecule has 0 amide bonds. The molecule has 0 rings (SSSR count). The van der Waals surface area contributed by atoms with Crippen LogP contribution < -0.4 is 0 Å². The summed E-state index contributed by atoms with van der Waals surface area (Å²) in [4.78, 5) is 0. The largest absolute Gasteiger partial charge is 0.394 e. The van der Waals surface area contributed by atoms with Crippen molar-refractivity contribution in [1.29, 1.82) is 0 Å². The van der Waals surface area contributed by atoms with Gasteiger partial charge < -0.3 is 8.85 Å². The SMILES string of the molecule is CCCCCCCCCCCCCCCCCCC[Si](CCCCCCCCCCCCCC)(OCC)OCC. The van der Waals surface area contributed by atoms with E-state index in [2.05, 4.69) is 27.7 Å². The number of hydrogen-bond donors (Lipinski definition) is 0. The Morgan fingerprint density at radius 2 is 0.475 bits per heavy atom. The fourth-order valence-corrected chi connectivity index (χ4v) is 9.88. The molecule has 0 N–H and O–H groups in total. The lowest BCUT2D eigenvalue weighted by atomic mass is 10.0. The fraction of sp³-hybridized carbons (Fsp3) is 1.00. The van der Waals surface area contributed by atoms with Gasteiger partial charge in [0.05, 0.1) is 0 Å². The summed E-state index contributed by atoms with van der Waals surface area (Å²) in [6.45, 7) is 10.6. The highest BCUT2D eigenvalue weighted by Gasteiger charge is 2.35. The van der Waals surface area contributed by atoms with E-state index in [4.69, 9.17) is 8.85 Å². The van der Waals surface area contributed by atoms with Crippen LogP contribution in [0.5, 0.6) is 0 Å². The Hall–Kier alpha value is 0.137. The molecule has 40 heavy (non-hydrogen) atoms. The topological polar surface area (TPSA) is 18.5 Å². The van der Waals surface area contributed by atoms with E-state index in [1.807, 2.05) is 0 Å². The molecular formula is C37H78O2Si. The smallest absolute Gasteiger partial charge is 0.338 e. The zero-order valence-electron chi connectivity index (χ0n) is 28.7. The summed E-state index contributed by atoms with van der Waals surface area (Å²) in [6.07, 6.45) is 41.4. The molecule has 0 unspecified atom stereocenters. The predicted octanol–water partition coefficient (Wildman–Crippen LogP) is 13.9. The van der Waals surface area contributed by atoms with Crippen LogP contribution in [0.4, 0.5) is 0 Å². The van der Waals surface area contributed by atoms with Gasteiger partial charge in [-0.05, 0) is 25.9 Å². The molecule has 0 aromatic carbocycles. The van der Waals surface area contributed by atoms with Crippen LogP contribution in [0.2, 0.25) is 12.1 Å². The molecule has 0 aliphatic heterocycles. The Bertz CT molecular complexity index is 449. The number of rotatable bonds is 35. The van der Waals surface area contributed by atoms with Crippen LogP contribution in [0.3, 0.4) is 0 Å². The molecule has 0 aromatic heterocycles. The maximum absolute atomic E-state index is 6.42. The highest BCUT2D eigenvalue weighted by Crippen LogP contribution is 2.26. The molecule has 0 saturated heterocycles. The second-order valence-corrected chi connectivity index (χ2v) is 16.2. The van der Waals surface area contributed by atoms with Crippen LogP contribution >= 0.6 is 0 Å². The normalized spacial score (nSPS) is 12.0. The molecule has 0 atom stereocenters. The van der Waals surface area contributed by atoms with E-state index in [0.717, 1.165) is 13.2 Å². The lowest BCUT2D eigenvalue weighted by Crippen LogP contribution is -2.42. The molecule has 0 aliphatic rings. The van der Waals surface area contributed by atoms with Gasteiger partial charge in [-0.1, -0.05) is 200 Å². The number of hydrogen-bond acceptors (Lipinski definition) is 2. The predicted molar refractivity (Wildman–Crippen MR) is 184 cm³/mol. The second kappa shape index (κ2) is 33.6. The first kappa shape index (κ1) is 40.1. The van der Waals surface area contributed by atoms with Crippen molar-refractivity contribution in [2.45, 2.75) is 226 Å². The van der Waals surface area contributed by atoms with Crippen LogP contribution in [0.1, 0.15) is 214 Å². The molecule has 0 saturated carbocycles. The summed E-state index contributed by atoms with van der Waals surface area (Å²) in [7, 11) is -2.00. The first-order valence-corrected chi connectivity index (χ1v) is 21.3. The zero-order chi connectivity index (χ0) is 29.2. The van der Waals surface area contributed by atoms with Crippen LogP contribution in [-0.2, 0) is 8.85 Å². The van der Waals surface area contributed by atoms with E-state index in [9.17, 15) is 0 Å². The van der Waals surface area contributed by atoms with Gasteiger partial charge in [-0.3, -0.25) is 0 Å². The molecule has 0 bridgehead atoms. The van der Waals surface area contributed by atoms with Crippen LogP contribution in [0.25, 0.3) is 0 Å². The van der Waals surface area contributed by atoms with Gasteiger partial charge >= 0.3 is 8.56 Å². The van der Waals surface area contributed by atoms with Crippen molar-refractivity contribution in [3.05, 3.63) is 0 Å². The van der Waals surface area contributed by atoms with E-state index in [0.29, 0.717) is 0 Å². The summed E-state index contributed by atoms with van der Waals surface area (Å²) in [5.74, 6) is 0. The average molecular weight is 583 g/mol. The molecular weight excluding hydrogens is 504 g/mol. The Balaban J connectivity index is 3.74. The van der Waals surface area contributed by atoms with Gasteiger partial charge in [-0.25, -0.2) is 0 Å². The molecule has 3 heteroatoms. The maximum atomic E-state index is 6.42. The summed E-state index contributed by atoms with van der Waals surface area (Å²) in [5.41, 5.74) is 0. The molecule has 0 spiro atoms. The minimum absolute atomic E-state index is 0.823. The average Bonchev–Trinajstić information content (AvgIpc) is 2.95. The third kappa shape index (κ3) is 28.3. The van der Waals surface area contributed by atoms with E-state index in [1.165, 1.54) is 198 Å². The highest BCUT2D eigenvalue weighted by molar-refractivity contribution is 6.67. The van der Waals surface area contributed by atoms with Crippen molar-refractivity contribution in [1.82, 2.24) is 0 Å². The minimum Gasteiger partial charge on any atom is -0.394 e. The quantitative estimate of drug-likeness (QED) is 0.0546. The molecule has 0 fully saturated rings. The Kier molecular flexibility index (Phi) is 33.8. The van der Waals surface area contributed by atoms with Crippen LogP contribution in [0, 0.1) is 0 Å². The maximum Gasteiger partial charge on any atom is 0.338 e. The monoisotopic (exact) mass is 583 g/mol. The van der Waals surface area contributed by atoms with Crippen molar-refractivity contribution in [3.8, 4) is 0 Å². The lowest BCUT2D eigenvalue weighted by molar-refractivity contribution is 0.180. The van der Waals surface area contributed by atoms with Gasteiger partial charge in [0.1, 0.15) is 0 Å². The first-order valence-electron chi connectivity index (χ1n) is 19.0. The van der Waals surface area contributed by atoms with Crippen molar-refractivity contribution in [2.75, 3.05) is 13.2 Å². The van der Waals surface area contributed by atoms with Crippen molar-refractivity contribution < 1.29 is 8.85 Å². The van der Waals surface area contributed by atoms with Crippen LogP contribution in [0.15, 0.2) is 0 Å². The van der Waals surface area contributed by atoms with E-state index in [1.54, 1.807) is 0 Å². The minimum atomic E-state index is -2.00. The lowest BCUT2D eigenvalue weighted by Gasteiger charge is -2.30. The van der Waals surface area contributed by atoms with Gasteiger partial charge in [0.25, 0.3) is 0 Å². The van der Waals surface area contributed by atoms with Gasteiger partial charge in [-0.2, -0.15) is 0 Å². The summed E-state index contributed by atoms with van der Waals surface area (Å²) < 4.78 is 12.8.